The van der Waals surface area contributed by atoms with Crippen LogP contribution in [-0.4, -0.2) is 43.1 Å². The predicted molar refractivity (Wildman–Crippen MR) is 52.9 cm³/mol. The summed E-state index contributed by atoms with van der Waals surface area (Å²) in [5.41, 5.74) is -0.349. The maximum absolute atomic E-state index is 11.1. The van der Waals surface area contributed by atoms with E-state index >= 15 is 0 Å². The van der Waals surface area contributed by atoms with Crippen LogP contribution in [0.25, 0.3) is 0 Å². The van der Waals surface area contributed by atoms with Gasteiger partial charge in [-0.3, -0.25) is 4.79 Å². The van der Waals surface area contributed by atoms with Gasteiger partial charge < -0.3 is 15.0 Å². The minimum absolute atomic E-state index is 0.227. The van der Waals surface area contributed by atoms with Gasteiger partial charge in [-0.05, 0) is 20.8 Å². The number of ether oxygens (including phenoxy) is 1. The molecule has 0 heterocycles. The van der Waals surface area contributed by atoms with Crippen LogP contribution in [0.5, 0.6) is 0 Å². The molecule has 0 bridgehead atoms. The van der Waals surface area contributed by atoms with Gasteiger partial charge >= 0.3 is 6.09 Å². The Morgan fingerprint density at radius 1 is 1.29 bits per heavy atom. The highest BCUT2D eigenvalue weighted by Gasteiger charge is 2.15. The molecule has 14 heavy (non-hydrogen) atoms. The van der Waals surface area contributed by atoms with Crippen LogP contribution in [0.1, 0.15) is 20.8 Å². The summed E-state index contributed by atoms with van der Waals surface area (Å²) in [6, 6.07) is 0. The van der Waals surface area contributed by atoms with Crippen molar-refractivity contribution in [2.45, 2.75) is 26.3 Å². The number of amides is 2. The maximum Gasteiger partial charge on any atom is 0.408 e. The third-order valence-electron chi connectivity index (χ3n) is 1.30. The van der Waals surface area contributed by atoms with Gasteiger partial charge in [0.15, 0.2) is 6.61 Å². The first-order valence-corrected chi connectivity index (χ1v) is 4.37. The molecular formula is C9H18N2O3. The second-order valence-corrected chi connectivity index (χ2v) is 4.24. The lowest BCUT2D eigenvalue weighted by Crippen LogP contribution is -2.42. The van der Waals surface area contributed by atoms with Crippen LogP contribution in [0, 0.1) is 0 Å². The van der Waals surface area contributed by atoms with Crippen LogP contribution in [0.4, 0.5) is 4.79 Å². The summed E-state index contributed by atoms with van der Waals surface area (Å²) in [6.45, 7) is 5.28. The Morgan fingerprint density at radius 3 is 2.14 bits per heavy atom. The van der Waals surface area contributed by atoms with E-state index in [0.29, 0.717) is 0 Å². The average Bonchev–Trinajstić information content (AvgIpc) is 1.96. The number of likely N-dealkylation sites (N-methyl/N-ethyl adjacent to an activating group) is 1. The highest BCUT2D eigenvalue weighted by Crippen LogP contribution is 1.98. The normalized spacial score (nSPS) is 10.6. The van der Waals surface area contributed by atoms with E-state index in [-0.39, 0.29) is 18.1 Å². The zero-order valence-electron chi connectivity index (χ0n) is 9.38. The lowest BCUT2D eigenvalue weighted by atomic mass is 10.1. The fourth-order valence-electron chi connectivity index (χ4n) is 0.599. The minimum atomic E-state index is -0.576. The minimum Gasteiger partial charge on any atom is -0.439 e. The molecule has 2 amide bonds. The molecule has 5 heteroatoms. The molecule has 0 aliphatic heterocycles. The summed E-state index contributed by atoms with van der Waals surface area (Å²) in [6.07, 6.45) is -0.576. The molecule has 0 saturated heterocycles. The predicted octanol–water partition coefficient (Wildman–Crippen LogP) is 0.599. The van der Waals surface area contributed by atoms with Gasteiger partial charge in [0, 0.05) is 19.6 Å². The largest absolute Gasteiger partial charge is 0.439 e. The van der Waals surface area contributed by atoms with Gasteiger partial charge in [-0.25, -0.2) is 4.79 Å². The fraction of sp³-hybridized carbons (Fsp3) is 0.778. The summed E-state index contributed by atoms with van der Waals surface area (Å²) >= 11 is 0. The topological polar surface area (TPSA) is 58.6 Å². The molecular weight excluding hydrogens is 184 g/mol. The van der Waals surface area contributed by atoms with Crippen LogP contribution >= 0.6 is 0 Å². The number of nitrogens with zero attached hydrogens (tertiary/aromatic N) is 1. The van der Waals surface area contributed by atoms with Crippen LogP contribution in [0.15, 0.2) is 0 Å². The van der Waals surface area contributed by atoms with Gasteiger partial charge in [-0.2, -0.15) is 0 Å². The molecule has 0 aliphatic rings. The van der Waals surface area contributed by atoms with E-state index in [1.807, 2.05) is 20.8 Å². The third kappa shape index (κ3) is 6.28. The molecule has 0 aromatic heterocycles. The lowest BCUT2D eigenvalue weighted by Gasteiger charge is -2.20. The van der Waals surface area contributed by atoms with E-state index in [9.17, 15) is 9.59 Å². The lowest BCUT2D eigenvalue weighted by molar-refractivity contribution is -0.131. The zero-order valence-corrected chi connectivity index (χ0v) is 9.38. The van der Waals surface area contributed by atoms with Crippen molar-refractivity contribution in [3.8, 4) is 0 Å². The zero-order chi connectivity index (χ0) is 11.4. The second-order valence-electron chi connectivity index (χ2n) is 4.24. The molecule has 0 spiro atoms. The first-order chi connectivity index (χ1) is 6.22. The van der Waals surface area contributed by atoms with Gasteiger partial charge in [0.05, 0.1) is 0 Å². The molecule has 0 aromatic carbocycles. The van der Waals surface area contributed by atoms with Crippen molar-refractivity contribution in [1.29, 1.82) is 0 Å². The van der Waals surface area contributed by atoms with Crippen molar-refractivity contribution in [1.82, 2.24) is 10.2 Å². The molecule has 0 atom stereocenters. The molecule has 1 N–H and O–H groups in total. The van der Waals surface area contributed by atoms with Gasteiger partial charge in [-0.1, -0.05) is 0 Å². The first kappa shape index (κ1) is 12.7. The average molecular weight is 202 g/mol. The molecule has 0 unspecified atom stereocenters. The van der Waals surface area contributed by atoms with Crippen molar-refractivity contribution < 1.29 is 14.3 Å². The Bertz CT molecular complexity index is 219. The van der Waals surface area contributed by atoms with Gasteiger partial charge in [-0.15, -0.1) is 0 Å². The monoisotopic (exact) mass is 202 g/mol. The Morgan fingerprint density at radius 2 is 1.79 bits per heavy atom. The molecule has 0 aliphatic carbocycles. The van der Waals surface area contributed by atoms with Crippen LogP contribution < -0.4 is 5.32 Å². The molecule has 0 rings (SSSR count). The van der Waals surface area contributed by atoms with E-state index in [0.717, 1.165) is 0 Å². The quantitative estimate of drug-likeness (QED) is 0.713. The van der Waals surface area contributed by atoms with E-state index in [4.69, 9.17) is 4.74 Å². The Kier molecular flexibility index (Phi) is 4.40. The van der Waals surface area contributed by atoms with Crippen LogP contribution in [-0.2, 0) is 9.53 Å². The summed E-state index contributed by atoms with van der Waals surface area (Å²) in [5, 5.41) is 2.58. The third-order valence-corrected chi connectivity index (χ3v) is 1.30. The molecule has 82 valence electrons. The van der Waals surface area contributed by atoms with E-state index in [1.54, 1.807) is 14.1 Å². The van der Waals surface area contributed by atoms with Crippen molar-refractivity contribution in [3.63, 3.8) is 0 Å². The number of rotatable bonds is 2. The van der Waals surface area contributed by atoms with Crippen molar-refractivity contribution >= 4 is 12.0 Å². The molecule has 0 fully saturated rings. The number of alkyl carbamates (subject to hydrolysis) is 1. The molecule has 0 saturated carbocycles. The standard InChI is InChI=1S/C9H18N2O3/c1-9(2,3)10-8(13)14-6-7(12)11(4)5/h6H2,1-5H3,(H,10,13). The molecule has 5 nitrogen and oxygen atoms in total. The SMILES string of the molecule is CN(C)C(=O)COC(=O)NC(C)(C)C. The fourth-order valence-corrected chi connectivity index (χ4v) is 0.599. The molecule has 0 aromatic rings. The highest BCUT2D eigenvalue weighted by molar-refractivity contribution is 5.79. The van der Waals surface area contributed by atoms with Gasteiger partial charge in [0.1, 0.15) is 0 Å². The van der Waals surface area contributed by atoms with E-state index in [2.05, 4.69) is 5.32 Å². The highest BCUT2D eigenvalue weighted by atomic mass is 16.6. The number of carbonyl (C=O) groups excluding carboxylic acids is 2. The number of hydrogen-bond acceptors (Lipinski definition) is 3. The first-order valence-electron chi connectivity index (χ1n) is 4.37. The van der Waals surface area contributed by atoms with Crippen molar-refractivity contribution in [3.05, 3.63) is 0 Å². The Hall–Kier alpha value is -1.26. The Balaban J connectivity index is 3.81. The smallest absolute Gasteiger partial charge is 0.408 e. The van der Waals surface area contributed by atoms with Crippen LogP contribution in [0.3, 0.4) is 0 Å². The number of carbonyl (C=O) groups is 2. The second kappa shape index (κ2) is 4.83. The number of hydrogen-bond donors (Lipinski definition) is 1. The van der Waals surface area contributed by atoms with Gasteiger partial charge in [0.2, 0.25) is 0 Å². The van der Waals surface area contributed by atoms with Crippen molar-refractivity contribution in [2.24, 2.45) is 0 Å². The van der Waals surface area contributed by atoms with Gasteiger partial charge in [0.25, 0.3) is 5.91 Å². The summed E-state index contributed by atoms with van der Waals surface area (Å²) in [5.74, 6) is -0.242. The molecule has 0 radical (unpaired) electrons. The summed E-state index contributed by atoms with van der Waals surface area (Å²) in [7, 11) is 3.21. The van der Waals surface area contributed by atoms with E-state index in [1.165, 1.54) is 4.90 Å². The summed E-state index contributed by atoms with van der Waals surface area (Å²) in [4.78, 5) is 23.5. The maximum atomic E-state index is 11.1. The summed E-state index contributed by atoms with van der Waals surface area (Å²) < 4.78 is 4.70. The van der Waals surface area contributed by atoms with E-state index < -0.39 is 6.09 Å². The number of nitrogens with one attached hydrogen (secondary N) is 1. The Labute approximate surface area is 84.4 Å². The van der Waals surface area contributed by atoms with Crippen LogP contribution in [0.2, 0.25) is 0 Å². The van der Waals surface area contributed by atoms with Crippen molar-refractivity contribution in [2.75, 3.05) is 20.7 Å².